The number of nitrogens with zero attached hydrogens (tertiary/aromatic N) is 3. The van der Waals surface area contributed by atoms with Gasteiger partial charge < -0.3 is 14.0 Å². The van der Waals surface area contributed by atoms with Gasteiger partial charge in [0.25, 0.3) is 0 Å². The first-order valence-corrected chi connectivity index (χ1v) is 9.62. The van der Waals surface area contributed by atoms with Crippen molar-refractivity contribution in [1.29, 1.82) is 0 Å². The van der Waals surface area contributed by atoms with Gasteiger partial charge in [0.15, 0.2) is 0 Å². The summed E-state index contributed by atoms with van der Waals surface area (Å²) in [6.45, 7) is 5.05. The average molecular weight is 381 g/mol. The summed E-state index contributed by atoms with van der Waals surface area (Å²) >= 11 is 0. The molecular weight excluding hydrogens is 357 g/mol. The number of hydrogen-bond acceptors (Lipinski definition) is 3. The predicted molar refractivity (Wildman–Crippen MR) is 105 cm³/mol. The Morgan fingerprint density at radius 3 is 2.64 bits per heavy atom. The minimum atomic E-state index is -0.417. The van der Waals surface area contributed by atoms with Gasteiger partial charge in [-0.2, -0.15) is 0 Å². The minimum Gasteiger partial charge on any atom is -0.372 e. The van der Waals surface area contributed by atoms with Crippen molar-refractivity contribution in [3.8, 4) is 0 Å². The van der Waals surface area contributed by atoms with Gasteiger partial charge in [-0.25, -0.2) is 9.37 Å². The number of aromatic nitrogens is 2. The van der Waals surface area contributed by atoms with E-state index in [2.05, 4.69) is 4.98 Å². The summed E-state index contributed by atoms with van der Waals surface area (Å²) in [4.78, 5) is 19.4. The molecule has 3 aromatic rings. The van der Waals surface area contributed by atoms with Crippen LogP contribution in [0, 0.1) is 5.82 Å². The molecule has 0 aliphatic carbocycles. The van der Waals surface area contributed by atoms with Crippen LogP contribution in [0.1, 0.15) is 37.4 Å². The second kappa shape index (κ2) is 7.72. The summed E-state index contributed by atoms with van der Waals surface area (Å²) in [6.07, 6.45) is 3.81. The fourth-order valence-electron chi connectivity index (χ4n) is 4.03. The molecule has 28 heavy (non-hydrogen) atoms. The van der Waals surface area contributed by atoms with Gasteiger partial charge in [-0.05, 0) is 37.6 Å². The summed E-state index contributed by atoms with van der Waals surface area (Å²) in [6, 6.07) is 12.4. The summed E-state index contributed by atoms with van der Waals surface area (Å²) in [5.74, 6) is -0.726. The molecule has 1 aromatic carbocycles. The van der Waals surface area contributed by atoms with Crippen LogP contribution in [0.3, 0.4) is 0 Å². The van der Waals surface area contributed by atoms with E-state index in [0.717, 1.165) is 11.3 Å². The van der Waals surface area contributed by atoms with Gasteiger partial charge in [0.1, 0.15) is 11.5 Å². The molecule has 3 unspecified atom stereocenters. The smallest absolute Gasteiger partial charge is 0.223 e. The highest BCUT2D eigenvalue weighted by molar-refractivity contribution is 5.78. The molecule has 0 bridgehead atoms. The quantitative estimate of drug-likeness (QED) is 0.693. The molecule has 4 rings (SSSR count). The first-order chi connectivity index (χ1) is 13.5. The third-order valence-corrected chi connectivity index (χ3v) is 5.23. The molecule has 1 fully saturated rings. The molecule has 0 radical (unpaired) electrons. The van der Waals surface area contributed by atoms with Crippen molar-refractivity contribution in [3.05, 3.63) is 71.9 Å². The lowest BCUT2D eigenvalue weighted by molar-refractivity contribution is -0.143. The maximum Gasteiger partial charge on any atom is 0.223 e. The van der Waals surface area contributed by atoms with Crippen LogP contribution >= 0.6 is 0 Å². The number of ether oxygens (including phenoxy) is 1. The Kier molecular flexibility index (Phi) is 5.13. The first kappa shape index (κ1) is 18.6. The number of rotatable bonds is 4. The van der Waals surface area contributed by atoms with Crippen LogP contribution in [-0.2, 0) is 9.53 Å². The van der Waals surface area contributed by atoms with Gasteiger partial charge in [0.05, 0.1) is 17.9 Å². The Morgan fingerprint density at radius 1 is 1.18 bits per heavy atom. The van der Waals surface area contributed by atoms with Gasteiger partial charge in [0, 0.05) is 37.8 Å². The van der Waals surface area contributed by atoms with E-state index >= 15 is 0 Å². The molecule has 5 nitrogen and oxygen atoms in total. The van der Waals surface area contributed by atoms with Crippen molar-refractivity contribution in [2.45, 2.75) is 38.4 Å². The number of hydrogen-bond donors (Lipinski definition) is 0. The maximum absolute atomic E-state index is 14.7. The molecule has 6 heteroatoms. The largest absolute Gasteiger partial charge is 0.372 e. The van der Waals surface area contributed by atoms with E-state index in [4.69, 9.17) is 4.74 Å². The number of pyridine rings is 1. The van der Waals surface area contributed by atoms with E-state index in [-0.39, 0.29) is 30.4 Å². The van der Waals surface area contributed by atoms with Gasteiger partial charge in [-0.15, -0.1) is 0 Å². The molecule has 1 aliphatic rings. The second-order valence-corrected chi connectivity index (χ2v) is 7.45. The zero-order chi connectivity index (χ0) is 19.7. The Bertz CT molecular complexity index is 977. The molecular formula is C22H24FN3O2. The fraction of sp³-hybridized carbons (Fsp3) is 0.364. The van der Waals surface area contributed by atoms with E-state index in [1.54, 1.807) is 24.4 Å². The number of imidazole rings is 1. The molecule has 1 saturated heterocycles. The number of benzene rings is 1. The minimum absolute atomic E-state index is 0.00105. The zero-order valence-electron chi connectivity index (χ0n) is 16.1. The van der Waals surface area contributed by atoms with Crippen molar-refractivity contribution in [3.63, 3.8) is 0 Å². The lowest BCUT2D eigenvalue weighted by Gasteiger charge is -2.36. The number of morpholine rings is 1. The lowest BCUT2D eigenvalue weighted by atomic mass is 9.91. The van der Waals surface area contributed by atoms with E-state index in [9.17, 15) is 9.18 Å². The normalized spacial score (nSPS) is 21.0. The van der Waals surface area contributed by atoms with Crippen LogP contribution in [0.4, 0.5) is 4.39 Å². The molecule has 3 heterocycles. The van der Waals surface area contributed by atoms with Gasteiger partial charge in [0.2, 0.25) is 5.91 Å². The number of amides is 1. The maximum atomic E-state index is 14.7. The highest BCUT2D eigenvalue weighted by Crippen LogP contribution is 2.31. The SMILES string of the molecule is CC1CN(C(=O)CC(c2ccccc2F)c2cnc3ccccn23)CC(C)O1. The Hall–Kier alpha value is -2.73. The number of fused-ring (bicyclic) bond motifs is 1. The zero-order valence-corrected chi connectivity index (χ0v) is 16.1. The summed E-state index contributed by atoms with van der Waals surface area (Å²) in [7, 11) is 0. The second-order valence-electron chi connectivity index (χ2n) is 7.45. The van der Waals surface area contributed by atoms with Crippen LogP contribution in [-0.4, -0.2) is 45.5 Å². The molecule has 0 saturated carbocycles. The van der Waals surface area contributed by atoms with Crippen LogP contribution in [0.2, 0.25) is 0 Å². The Morgan fingerprint density at radius 2 is 1.89 bits per heavy atom. The fourth-order valence-corrected chi connectivity index (χ4v) is 4.03. The van der Waals surface area contributed by atoms with E-state index in [0.29, 0.717) is 18.7 Å². The lowest BCUT2D eigenvalue weighted by Crippen LogP contribution is -2.48. The Balaban J connectivity index is 1.70. The van der Waals surface area contributed by atoms with E-state index in [1.165, 1.54) is 6.07 Å². The standard InChI is InChI=1S/C22H24FN3O2/c1-15-13-25(14-16(2)28-15)22(27)11-18(17-7-3-4-8-19(17)23)20-12-24-21-9-5-6-10-26(20)21/h3-10,12,15-16,18H,11,13-14H2,1-2H3. The highest BCUT2D eigenvalue weighted by Gasteiger charge is 2.30. The van der Waals surface area contributed by atoms with Crippen molar-refractivity contribution >= 4 is 11.6 Å². The van der Waals surface area contributed by atoms with Crippen molar-refractivity contribution in [1.82, 2.24) is 14.3 Å². The molecule has 0 spiro atoms. The monoisotopic (exact) mass is 381 g/mol. The Labute approximate surface area is 163 Å². The van der Waals surface area contributed by atoms with Crippen molar-refractivity contribution in [2.75, 3.05) is 13.1 Å². The van der Waals surface area contributed by atoms with Gasteiger partial charge in [-0.1, -0.05) is 24.3 Å². The highest BCUT2D eigenvalue weighted by atomic mass is 19.1. The third-order valence-electron chi connectivity index (χ3n) is 5.23. The van der Waals surface area contributed by atoms with Crippen molar-refractivity contribution in [2.24, 2.45) is 0 Å². The molecule has 1 aliphatic heterocycles. The first-order valence-electron chi connectivity index (χ1n) is 9.62. The predicted octanol–water partition coefficient (Wildman–Crippen LogP) is 3.63. The van der Waals surface area contributed by atoms with Gasteiger partial charge in [-0.3, -0.25) is 4.79 Å². The van der Waals surface area contributed by atoms with Crippen LogP contribution in [0.25, 0.3) is 5.65 Å². The van der Waals surface area contributed by atoms with Crippen LogP contribution in [0.5, 0.6) is 0 Å². The number of carbonyl (C=O) groups excluding carboxylic acids is 1. The molecule has 0 N–H and O–H groups in total. The topological polar surface area (TPSA) is 46.8 Å². The van der Waals surface area contributed by atoms with E-state index in [1.807, 2.05) is 47.5 Å². The molecule has 3 atom stereocenters. The van der Waals surface area contributed by atoms with Crippen LogP contribution < -0.4 is 0 Å². The summed E-state index contributed by atoms with van der Waals surface area (Å²) < 4.78 is 22.3. The summed E-state index contributed by atoms with van der Waals surface area (Å²) in [5, 5.41) is 0. The van der Waals surface area contributed by atoms with Crippen LogP contribution in [0.15, 0.2) is 54.9 Å². The number of carbonyl (C=O) groups is 1. The molecule has 2 aromatic heterocycles. The third kappa shape index (κ3) is 3.64. The van der Waals surface area contributed by atoms with Crippen molar-refractivity contribution < 1.29 is 13.9 Å². The van der Waals surface area contributed by atoms with Gasteiger partial charge >= 0.3 is 0 Å². The van der Waals surface area contributed by atoms with E-state index < -0.39 is 5.92 Å². The summed E-state index contributed by atoms with van der Waals surface area (Å²) in [5.41, 5.74) is 2.10. The average Bonchev–Trinajstić information content (AvgIpc) is 3.10. The number of halogens is 1. The molecule has 1 amide bonds. The molecule has 146 valence electrons.